The van der Waals surface area contributed by atoms with Gasteiger partial charge >= 0.3 is 0 Å². The summed E-state index contributed by atoms with van der Waals surface area (Å²) < 4.78 is 0. The smallest absolute Gasteiger partial charge is 0.224 e. The van der Waals surface area contributed by atoms with Gasteiger partial charge in [-0.2, -0.15) is 0 Å². The Morgan fingerprint density at radius 2 is 2.00 bits per heavy atom. The van der Waals surface area contributed by atoms with Crippen molar-refractivity contribution in [1.29, 1.82) is 0 Å². The monoisotopic (exact) mass is 153 g/mol. The lowest BCUT2D eigenvalue weighted by Crippen LogP contribution is -2.42. The highest BCUT2D eigenvalue weighted by atomic mass is 16.1. The summed E-state index contributed by atoms with van der Waals surface area (Å²) in [6.07, 6.45) is 4.87. The molecule has 2 nitrogen and oxygen atoms in total. The van der Waals surface area contributed by atoms with Crippen molar-refractivity contribution in [2.24, 2.45) is 16.6 Å². The van der Waals surface area contributed by atoms with E-state index in [2.05, 4.69) is 6.08 Å². The lowest BCUT2D eigenvalue weighted by molar-refractivity contribution is -0.130. The zero-order chi connectivity index (χ0) is 8.70. The van der Waals surface area contributed by atoms with Crippen LogP contribution in [0.15, 0.2) is 12.2 Å². The third-order valence-electron chi connectivity index (χ3n) is 3.03. The zero-order valence-electron chi connectivity index (χ0n) is 7.35. The van der Waals surface area contributed by atoms with Crippen molar-refractivity contribution in [3.05, 3.63) is 12.2 Å². The predicted octanol–water partition coefficient (Wildman–Crippen LogP) is 1.46. The van der Waals surface area contributed by atoms with Crippen molar-refractivity contribution in [1.82, 2.24) is 0 Å². The summed E-state index contributed by atoms with van der Waals surface area (Å²) >= 11 is 0. The van der Waals surface area contributed by atoms with Crippen LogP contribution in [-0.4, -0.2) is 5.91 Å². The van der Waals surface area contributed by atoms with Crippen LogP contribution in [0.4, 0.5) is 0 Å². The van der Waals surface area contributed by atoms with Gasteiger partial charge in [-0.25, -0.2) is 0 Å². The van der Waals surface area contributed by atoms with Crippen molar-refractivity contribution < 1.29 is 4.79 Å². The van der Waals surface area contributed by atoms with Crippen LogP contribution in [0.5, 0.6) is 0 Å². The SMILES string of the molecule is CC1(C)C=CC[C@@]1(C)C(N)=O. The Bertz CT molecular complexity index is 218. The van der Waals surface area contributed by atoms with Crippen LogP contribution in [0.1, 0.15) is 27.2 Å². The van der Waals surface area contributed by atoms with E-state index in [9.17, 15) is 4.79 Å². The number of amides is 1. The summed E-state index contributed by atoms with van der Waals surface area (Å²) in [5.74, 6) is -0.201. The first-order valence-corrected chi connectivity index (χ1v) is 3.88. The highest BCUT2D eigenvalue weighted by Gasteiger charge is 2.46. The van der Waals surface area contributed by atoms with Crippen LogP contribution in [-0.2, 0) is 4.79 Å². The van der Waals surface area contributed by atoms with Gasteiger partial charge in [0.15, 0.2) is 0 Å². The molecule has 2 N–H and O–H groups in total. The van der Waals surface area contributed by atoms with Crippen molar-refractivity contribution in [2.45, 2.75) is 27.2 Å². The normalized spacial score (nSPS) is 34.1. The molecule has 0 aliphatic heterocycles. The van der Waals surface area contributed by atoms with Gasteiger partial charge in [0.2, 0.25) is 5.91 Å². The Morgan fingerprint density at radius 1 is 1.45 bits per heavy atom. The number of nitrogens with two attached hydrogens (primary N) is 1. The van der Waals surface area contributed by atoms with Gasteiger partial charge in [0.1, 0.15) is 0 Å². The Kier molecular flexibility index (Phi) is 1.58. The Morgan fingerprint density at radius 3 is 2.18 bits per heavy atom. The van der Waals surface area contributed by atoms with E-state index in [1.54, 1.807) is 0 Å². The maximum Gasteiger partial charge on any atom is 0.224 e. The van der Waals surface area contributed by atoms with Crippen LogP contribution in [0.3, 0.4) is 0 Å². The fraction of sp³-hybridized carbons (Fsp3) is 0.667. The Balaban J connectivity index is 2.99. The van der Waals surface area contributed by atoms with E-state index < -0.39 is 0 Å². The molecule has 0 unspecified atom stereocenters. The molecule has 1 atom stereocenters. The third kappa shape index (κ3) is 0.971. The predicted molar refractivity (Wildman–Crippen MR) is 44.8 cm³/mol. The first-order chi connectivity index (χ1) is 4.90. The first-order valence-electron chi connectivity index (χ1n) is 3.88. The summed E-state index contributed by atoms with van der Waals surface area (Å²) in [5.41, 5.74) is 4.86. The van der Waals surface area contributed by atoms with Crippen molar-refractivity contribution in [3.63, 3.8) is 0 Å². The second-order valence-electron chi connectivity index (χ2n) is 4.02. The molecule has 0 aromatic rings. The lowest BCUT2D eigenvalue weighted by Gasteiger charge is -2.34. The minimum Gasteiger partial charge on any atom is -0.369 e. The molecule has 0 aromatic heterocycles. The summed E-state index contributed by atoms with van der Waals surface area (Å²) in [7, 11) is 0. The third-order valence-corrected chi connectivity index (χ3v) is 3.03. The molecule has 1 aliphatic carbocycles. The van der Waals surface area contributed by atoms with Gasteiger partial charge in [0.25, 0.3) is 0 Å². The average molecular weight is 153 g/mol. The number of carbonyl (C=O) groups is 1. The summed E-state index contributed by atoms with van der Waals surface area (Å²) in [6.45, 7) is 6.01. The fourth-order valence-corrected chi connectivity index (χ4v) is 1.45. The molecule has 2 heteroatoms. The highest BCUT2D eigenvalue weighted by molar-refractivity contribution is 5.82. The molecule has 0 saturated carbocycles. The standard InChI is InChI=1S/C9H15NO/c1-8(2)5-4-6-9(8,3)7(10)11/h4-5H,6H2,1-3H3,(H2,10,11)/t9-/m0/s1. The van der Waals surface area contributed by atoms with Gasteiger partial charge < -0.3 is 5.73 Å². The number of rotatable bonds is 1. The van der Waals surface area contributed by atoms with Crippen LogP contribution in [0.25, 0.3) is 0 Å². The molecule has 0 aromatic carbocycles. The largest absolute Gasteiger partial charge is 0.369 e. The number of hydrogen-bond donors (Lipinski definition) is 1. The quantitative estimate of drug-likeness (QED) is 0.569. The molecule has 0 heterocycles. The second-order valence-corrected chi connectivity index (χ2v) is 4.02. The maximum atomic E-state index is 11.1. The zero-order valence-corrected chi connectivity index (χ0v) is 7.35. The van der Waals surface area contributed by atoms with E-state index in [0.717, 1.165) is 6.42 Å². The molecule has 11 heavy (non-hydrogen) atoms. The number of allylic oxidation sites excluding steroid dienone is 2. The molecular formula is C9H15NO. The van der Waals surface area contributed by atoms with Crippen LogP contribution in [0.2, 0.25) is 0 Å². The van der Waals surface area contributed by atoms with Gasteiger partial charge in [-0.15, -0.1) is 0 Å². The molecule has 1 rings (SSSR count). The molecular weight excluding hydrogens is 138 g/mol. The minimum absolute atomic E-state index is 0.0845. The van der Waals surface area contributed by atoms with Crippen molar-refractivity contribution >= 4 is 5.91 Å². The highest BCUT2D eigenvalue weighted by Crippen LogP contribution is 2.47. The number of hydrogen-bond acceptors (Lipinski definition) is 1. The van der Waals surface area contributed by atoms with E-state index in [4.69, 9.17) is 5.73 Å². The molecule has 0 bridgehead atoms. The molecule has 0 radical (unpaired) electrons. The van der Waals surface area contributed by atoms with Gasteiger partial charge in [-0.3, -0.25) is 4.79 Å². The van der Waals surface area contributed by atoms with Crippen LogP contribution in [0, 0.1) is 10.8 Å². The first kappa shape index (κ1) is 8.31. The molecule has 0 saturated heterocycles. The second kappa shape index (κ2) is 2.10. The molecule has 1 amide bonds. The molecule has 62 valence electrons. The van der Waals surface area contributed by atoms with Gasteiger partial charge in [0.05, 0.1) is 5.41 Å². The summed E-state index contributed by atoms with van der Waals surface area (Å²) in [4.78, 5) is 11.1. The minimum atomic E-state index is -0.382. The van der Waals surface area contributed by atoms with E-state index in [1.165, 1.54) is 0 Å². The molecule has 0 spiro atoms. The molecule has 1 aliphatic rings. The topological polar surface area (TPSA) is 43.1 Å². The van der Waals surface area contributed by atoms with Gasteiger partial charge in [0, 0.05) is 0 Å². The van der Waals surface area contributed by atoms with E-state index >= 15 is 0 Å². The van der Waals surface area contributed by atoms with Crippen LogP contribution >= 0.6 is 0 Å². The summed E-state index contributed by atoms with van der Waals surface area (Å²) in [5, 5.41) is 0. The van der Waals surface area contributed by atoms with Gasteiger partial charge in [-0.1, -0.05) is 26.0 Å². The van der Waals surface area contributed by atoms with Crippen LogP contribution < -0.4 is 5.73 Å². The lowest BCUT2D eigenvalue weighted by atomic mass is 9.68. The van der Waals surface area contributed by atoms with E-state index in [-0.39, 0.29) is 16.7 Å². The van der Waals surface area contributed by atoms with E-state index in [0.29, 0.717) is 0 Å². The maximum absolute atomic E-state index is 11.1. The number of carbonyl (C=O) groups excluding carboxylic acids is 1. The Labute approximate surface area is 67.5 Å². The average Bonchev–Trinajstić information content (AvgIpc) is 2.09. The van der Waals surface area contributed by atoms with E-state index in [1.807, 2.05) is 26.8 Å². The van der Waals surface area contributed by atoms with Crippen molar-refractivity contribution in [3.8, 4) is 0 Å². The summed E-state index contributed by atoms with van der Waals surface area (Å²) in [6, 6.07) is 0. The fourth-order valence-electron chi connectivity index (χ4n) is 1.45. The molecule has 0 fully saturated rings. The van der Waals surface area contributed by atoms with Crippen molar-refractivity contribution in [2.75, 3.05) is 0 Å². The Hall–Kier alpha value is -0.790. The van der Waals surface area contributed by atoms with Gasteiger partial charge in [-0.05, 0) is 18.8 Å². The number of primary amides is 1.